The SMILES string of the molecule is O=Cc1cn(-c2ccccc2)nc1-c1cccc(OCc2ccccc2)c1. The van der Waals surface area contributed by atoms with E-state index >= 15 is 0 Å². The van der Waals surface area contributed by atoms with Crippen LogP contribution in [0, 0.1) is 0 Å². The number of benzene rings is 3. The van der Waals surface area contributed by atoms with Crippen LogP contribution in [0.1, 0.15) is 15.9 Å². The van der Waals surface area contributed by atoms with Crippen molar-refractivity contribution in [1.29, 1.82) is 0 Å². The molecular weight excluding hydrogens is 336 g/mol. The molecule has 4 heteroatoms. The number of nitrogens with zero attached hydrogens (tertiary/aromatic N) is 2. The van der Waals surface area contributed by atoms with Crippen LogP contribution in [0.15, 0.2) is 91.1 Å². The van der Waals surface area contributed by atoms with Crippen molar-refractivity contribution in [1.82, 2.24) is 9.78 Å². The van der Waals surface area contributed by atoms with Gasteiger partial charge in [0, 0.05) is 11.8 Å². The molecule has 0 aliphatic rings. The van der Waals surface area contributed by atoms with E-state index in [0.717, 1.165) is 28.8 Å². The van der Waals surface area contributed by atoms with Crippen molar-refractivity contribution < 1.29 is 9.53 Å². The van der Waals surface area contributed by atoms with E-state index in [1.54, 1.807) is 10.9 Å². The van der Waals surface area contributed by atoms with Crippen molar-refractivity contribution in [2.75, 3.05) is 0 Å². The van der Waals surface area contributed by atoms with Crippen LogP contribution in [0.2, 0.25) is 0 Å². The maximum atomic E-state index is 11.6. The summed E-state index contributed by atoms with van der Waals surface area (Å²) in [7, 11) is 0. The predicted molar refractivity (Wildman–Crippen MR) is 105 cm³/mol. The molecule has 0 amide bonds. The minimum Gasteiger partial charge on any atom is -0.489 e. The Labute approximate surface area is 157 Å². The van der Waals surface area contributed by atoms with Crippen molar-refractivity contribution in [3.63, 3.8) is 0 Å². The second-order valence-electron chi connectivity index (χ2n) is 6.13. The monoisotopic (exact) mass is 354 g/mol. The van der Waals surface area contributed by atoms with Crippen LogP contribution in [-0.2, 0) is 6.61 Å². The maximum absolute atomic E-state index is 11.6. The molecule has 0 spiro atoms. The molecule has 4 rings (SSSR count). The molecule has 0 atom stereocenters. The number of para-hydroxylation sites is 1. The number of rotatable bonds is 6. The number of aldehydes is 1. The van der Waals surface area contributed by atoms with Gasteiger partial charge >= 0.3 is 0 Å². The molecule has 0 fully saturated rings. The van der Waals surface area contributed by atoms with Gasteiger partial charge in [-0.2, -0.15) is 5.10 Å². The van der Waals surface area contributed by atoms with Gasteiger partial charge in [0.1, 0.15) is 18.1 Å². The lowest BCUT2D eigenvalue weighted by Crippen LogP contribution is -1.96. The average molecular weight is 354 g/mol. The Morgan fingerprint density at radius 2 is 1.63 bits per heavy atom. The Balaban J connectivity index is 1.61. The van der Waals surface area contributed by atoms with Crippen molar-refractivity contribution in [3.05, 3.63) is 102 Å². The van der Waals surface area contributed by atoms with Gasteiger partial charge in [-0.05, 0) is 29.8 Å². The number of hydrogen-bond acceptors (Lipinski definition) is 3. The quantitative estimate of drug-likeness (QED) is 0.461. The molecule has 0 aliphatic heterocycles. The van der Waals surface area contributed by atoms with Gasteiger partial charge in [-0.15, -0.1) is 0 Å². The lowest BCUT2D eigenvalue weighted by Gasteiger charge is -2.08. The number of carbonyl (C=O) groups is 1. The summed E-state index contributed by atoms with van der Waals surface area (Å²) in [6.07, 6.45) is 2.58. The van der Waals surface area contributed by atoms with Crippen LogP contribution in [0.3, 0.4) is 0 Å². The van der Waals surface area contributed by atoms with Gasteiger partial charge in [0.2, 0.25) is 0 Å². The molecule has 1 aromatic heterocycles. The zero-order chi connectivity index (χ0) is 18.5. The summed E-state index contributed by atoms with van der Waals surface area (Å²) < 4.78 is 7.62. The number of ether oxygens (including phenoxy) is 1. The third kappa shape index (κ3) is 3.80. The van der Waals surface area contributed by atoms with Crippen LogP contribution >= 0.6 is 0 Å². The summed E-state index contributed by atoms with van der Waals surface area (Å²) in [5.41, 5.74) is 4.03. The highest BCUT2D eigenvalue weighted by molar-refractivity contribution is 5.85. The summed E-state index contributed by atoms with van der Waals surface area (Å²) in [5.74, 6) is 0.738. The lowest BCUT2D eigenvalue weighted by atomic mass is 10.1. The Kier molecular flexibility index (Phi) is 4.79. The maximum Gasteiger partial charge on any atom is 0.153 e. The first-order valence-corrected chi connectivity index (χ1v) is 8.71. The van der Waals surface area contributed by atoms with Crippen molar-refractivity contribution in [3.8, 4) is 22.7 Å². The van der Waals surface area contributed by atoms with Crippen LogP contribution < -0.4 is 4.74 Å². The Bertz CT molecular complexity index is 1040. The molecular formula is C23H18N2O2. The van der Waals surface area contributed by atoms with Crippen molar-refractivity contribution in [2.24, 2.45) is 0 Å². The first kappa shape index (κ1) is 16.8. The highest BCUT2D eigenvalue weighted by Gasteiger charge is 2.12. The Morgan fingerprint density at radius 1 is 0.889 bits per heavy atom. The zero-order valence-electron chi connectivity index (χ0n) is 14.7. The molecule has 4 nitrogen and oxygen atoms in total. The van der Waals surface area contributed by atoms with Gasteiger partial charge in [-0.3, -0.25) is 4.79 Å². The highest BCUT2D eigenvalue weighted by atomic mass is 16.5. The molecule has 0 saturated carbocycles. The summed E-state index contributed by atoms with van der Waals surface area (Å²) in [4.78, 5) is 11.6. The third-order valence-electron chi connectivity index (χ3n) is 4.25. The van der Waals surface area contributed by atoms with Gasteiger partial charge in [0.05, 0.1) is 11.3 Å². The number of carbonyl (C=O) groups excluding carboxylic acids is 1. The van der Waals surface area contributed by atoms with E-state index in [1.807, 2.05) is 84.9 Å². The predicted octanol–water partition coefficient (Wildman–Crippen LogP) is 4.93. The molecule has 0 aliphatic carbocycles. The number of aromatic nitrogens is 2. The van der Waals surface area contributed by atoms with Crippen LogP contribution in [0.4, 0.5) is 0 Å². The van der Waals surface area contributed by atoms with Gasteiger partial charge in [0.15, 0.2) is 6.29 Å². The van der Waals surface area contributed by atoms with Gasteiger partial charge in [0.25, 0.3) is 0 Å². The van der Waals surface area contributed by atoms with Crippen LogP contribution in [0.5, 0.6) is 5.75 Å². The van der Waals surface area contributed by atoms with Gasteiger partial charge < -0.3 is 4.74 Å². The summed E-state index contributed by atoms with van der Waals surface area (Å²) in [6, 6.07) is 27.4. The molecule has 4 aromatic rings. The molecule has 27 heavy (non-hydrogen) atoms. The average Bonchev–Trinajstić information content (AvgIpc) is 3.18. The standard InChI is InChI=1S/C23H18N2O2/c26-16-20-15-25(21-11-5-2-6-12-21)24-23(20)19-10-7-13-22(14-19)27-17-18-8-3-1-4-9-18/h1-16H,17H2. The minimum absolute atomic E-state index is 0.489. The summed E-state index contributed by atoms with van der Waals surface area (Å²) >= 11 is 0. The van der Waals surface area contributed by atoms with Gasteiger partial charge in [-0.25, -0.2) is 4.68 Å². The molecule has 0 radical (unpaired) electrons. The molecule has 0 saturated heterocycles. The molecule has 132 valence electrons. The smallest absolute Gasteiger partial charge is 0.153 e. The van der Waals surface area contributed by atoms with E-state index in [2.05, 4.69) is 5.10 Å². The summed E-state index contributed by atoms with van der Waals surface area (Å²) in [5, 5.41) is 4.61. The van der Waals surface area contributed by atoms with E-state index in [9.17, 15) is 4.79 Å². The van der Waals surface area contributed by atoms with Gasteiger partial charge in [-0.1, -0.05) is 60.7 Å². The van der Waals surface area contributed by atoms with E-state index in [4.69, 9.17) is 4.74 Å². The summed E-state index contributed by atoms with van der Waals surface area (Å²) in [6.45, 7) is 0.489. The first-order chi connectivity index (χ1) is 13.3. The Hall–Kier alpha value is -3.66. The normalized spacial score (nSPS) is 10.5. The van der Waals surface area contributed by atoms with E-state index in [-0.39, 0.29) is 0 Å². The second kappa shape index (κ2) is 7.70. The fourth-order valence-corrected chi connectivity index (χ4v) is 2.88. The topological polar surface area (TPSA) is 44.1 Å². The lowest BCUT2D eigenvalue weighted by molar-refractivity contribution is 0.112. The first-order valence-electron chi connectivity index (χ1n) is 8.71. The largest absolute Gasteiger partial charge is 0.489 e. The van der Waals surface area contributed by atoms with E-state index < -0.39 is 0 Å². The van der Waals surface area contributed by atoms with Crippen LogP contribution in [0.25, 0.3) is 16.9 Å². The van der Waals surface area contributed by atoms with E-state index in [1.165, 1.54) is 0 Å². The Morgan fingerprint density at radius 3 is 2.37 bits per heavy atom. The molecule has 0 N–H and O–H groups in total. The molecule has 1 heterocycles. The second-order valence-corrected chi connectivity index (χ2v) is 6.13. The van der Waals surface area contributed by atoms with Crippen molar-refractivity contribution in [2.45, 2.75) is 6.61 Å². The zero-order valence-corrected chi connectivity index (χ0v) is 14.7. The van der Waals surface area contributed by atoms with Crippen LogP contribution in [-0.4, -0.2) is 16.1 Å². The molecule has 0 bridgehead atoms. The fourth-order valence-electron chi connectivity index (χ4n) is 2.88. The highest BCUT2D eigenvalue weighted by Crippen LogP contribution is 2.26. The van der Waals surface area contributed by atoms with Crippen molar-refractivity contribution >= 4 is 6.29 Å². The molecule has 0 unspecified atom stereocenters. The minimum atomic E-state index is 0.489. The number of hydrogen-bond donors (Lipinski definition) is 0. The third-order valence-corrected chi connectivity index (χ3v) is 4.25. The van der Waals surface area contributed by atoms with E-state index in [0.29, 0.717) is 17.9 Å². The molecule has 3 aromatic carbocycles. The fraction of sp³-hybridized carbons (Fsp3) is 0.0435.